The van der Waals surface area contributed by atoms with Crippen molar-refractivity contribution in [3.05, 3.63) is 44.7 Å². The summed E-state index contributed by atoms with van der Waals surface area (Å²) in [6.45, 7) is 12.7. The molecule has 0 aromatic rings. The van der Waals surface area contributed by atoms with Gasteiger partial charge in [-0.3, -0.25) is 0 Å². The van der Waals surface area contributed by atoms with Crippen LogP contribution in [0.1, 0.15) is 106 Å². The molecule has 0 fully saturated rings. The molecule has 0 unspecified atom stereocenters. The number of unbranched alkanes of at least 4 members (excludes halogenated alkanes) is 4. The zero-order valence-electron chi connectivity index (χ0n) is 27.1. The Kier molecular flexibility index (Phi) is 13.4. The van der Waals surface area contributed by atoms with Crippen molar-refractivity contribution in [1.82, 2.24) is 5.32 Å². The van der Waals surface area contributed by atoms with Gasteiger partial charge in [-0.15, -0.1) is 0 Å². The summed E-state index contributed by atoms with van der Waals surface area (Å²) in [5.41, 5.74) is 2.98. The number of carbonyl (C=O) groups excluding carboxylic acids is 2. The number of esters is 2. The summed E-state index contributed by atoms with van der Waals surface area (Å²) in [6, 6.07) is 8.44. The van der Waals surface area contributed by atoms with Crippen LogP contribution < -0.4 is 5.32 Å². The summed E-state index contributed by atoms with van der Waals surface area (Å²) in [7, 11) is 0. The smallest absolute Gasteiger partial charge is 0.349 e. The first-order valence-corrected chi connectivity index (χ1v) is 15.5. The number of nitriles is 4. The molecule has 2 aliphatic carbocycles. The standard InChI is InChI=1S/C35H45N5O4/c1-7-43-32(41)29(22-38)25-17-34(3,4)16-24(27(25)20-36)14-12-10-9-11-13-15-40-31-19-35(5,6)18-26(28(31)21-37)30(23-39)33(42)44-8-2/h40H,7-19H2,1-6H3/b29-25+,30-26+. The Morgan fingerprint density at radius 2 is 1.18 bits per heavy atom. The van der Waals surface area contributed by atoms with Gasteiger partial charge in [0.2, 0.25) is 0 Å². The van der Waals surface area contributed by atoms with Crippen molar-refractivity contribution < 1.29 is 19.1 Å². The molecule has 0 heterocycles. The summed E-state index contributed by atoms with van der Waals surface area (Å²) in [5, 5.41) is 42.7. The van der Waals surface area contributed by atoms with Gasteiger partial charge in [-0.25, -0.2) is 9.59 Å². The molecule has 9 heteroatoms. The average Bonchev–Trinajstić information content (AvgIpc) is 2.94. The molecule has 2 rings (SSSR count). The minimum Gasteiger partial charge on any atom is -0.462 e. The monoisotopic (exact) mass is 599 g/mol. The Morgan fingerprint density at radius 1 is 0.705 bits per heavy atom. The van der Waals surface area contributed by atoms with E-state index in [0.717, 1.165) is 56.2 Å². The quantitative estimate of drug-likeness (QED) is 0.102. The highest BCUT2D eigenvalue weighted by Gasteiger charge is 2.35. The van der Waals surface area contributed by atoms with Crippen molar-refractivity contribution in [3.63, 3.8) is 0 Å². The Bertz CT molecular complexity index is 1310. The highest BCUT2D eigenvalue weighted by molar-refractivity contribution is 5.95. The second-order valence-corrected chi connectivity index (χ2v) is 12.9. The van der Waals surface area contributed by atoms with Gasteiger partial charge in [0.05, 0.1) is 30.4 Å². The molecule has 0 bridgehead atoms. The van der Waals surface area contributed by atoms with Crippen molar-refractivity contribution in [2.24, 2.45) is 10.8 Å². The van der Waals surface area contributed by atoms with E-state index in [-0.39, 0.29) is 35.2 Å². The molecule has 0 radical (unpaired) electrons. The largest absolute Gasteiger partial charge is 0.462 e. The second kappa shape index (κ2) is 16.5. The predicted molar refractivity (Wildman–Crippen MR) is 166 cm³/mol. The summed E-state index contributed by atoms with van der Waals surface area (Å²) >= 11 is 0. The highest BCUT2D eigenvalue weighted by atomic mass is 16.5. The second-order valence-electron chi connectivity index (χ2n) is 12.9. The number of ether oxygens (including phenoxy) is 2. The van der Waals surface area contributed by atoms with Gasteiger partial charge in [-0.1, -0.05) is 52.5 Å². The molecule has 0 aromatic carbocycles. The number of hydrogen-bond donors (Lipinski definition) is 1. The summed E-state index contributed by atoms with van der Waals surface area (Å²) < 4.78 is 10.1. The maximum atomic E-state index is 12.4. The van der Waals surface area contributed by atoms with Crippen molar-refractivity contribution in [3.8, 4) is 24.3 Å². The van der Waals surface area contributed by atoms with Crippen LogP contribution in [0.25, 0.3) is 0 Å². The van der Waals surface area contributed by atoms with E-state index in [1.165, 1.54) is 0 Å². The number of rotatable bonds is 13. The first-order chi connectivity index (χ1) is 20.9. The van der Waals surface area contributed by atoms with Crippen LogP contribution >= 0.6 is 0 Å². The zero-order chi connectivity index (χ0) is 32.9. The molecule has 0 atom stereocenters. The molecule has 0 aromatic heterocycles. The Hall–Kier alpha value is -4.34. The van der Waals surface area contributed by atoms with E-state index in [1.807, 2.05) is 12.1 Å². The molecule has 1 N–H and O–H groups in total. The van der Waals surface area contributed by atoms with Crippen LogP contribution in [-0.4, -0.2) is 31.7 Å². The third-order valence-corrected chi connectivity index (χ3v) is 7.92. The lowest BCUT2D eigenvalue weighted by Crippen LogP contribution is -2.29. The van der Waals surface area contributed by atoms with Crippen LogP contribution in [0.4, 0.5) is 0 Å². The Balaban J connectivity index is 2.02. The van der Waals surface area contributed by atoms with E-state index in [1.54, 1.807) is 13.8 Å². The number of carbonyl (C=O) groups is 2. The third kappa shape index (κ3) is 9.59. The van der Waals surface area contributed by atoms with Crippen molar-refractivity contribution in [2.75, 3.05) is 19.8 Å². The summed E-state index contributed by atoms with van der Waals surface area (Å²) in [6.07, 6.45) is 7.79. The molecular weight excluding hydrogens is 554 g/mol. The lowest BCUT2D eigenvalue weighted by Gasteiger charge is -2.34. The summed E-state index contributed by atoms with van der Waals surface area (Å²) in [4.78, 5) is 24.8. The van der Waals surface area contributed by atoms with Gasteiger partial charge in [0.15, 0.2) is 0 Å². The lowest BCUT2D eigenvalue weighted by molar-refractivity contribution is -0.139. The van der Waals surface area contributed by atoms with E-state index < -0.39 is 11.9 Å². The van der Waals surface area contributed by atoms with Gasteiger partial charge in [0.1, 0.15) is 29.4 Å². The fourth-order valence-electron chi connectivity index (χ4n) is 6.07. The van der Waals surface area contributed by atoms with Crippen LogP contribution in [0.5, 0.6) is 0 Å². The normalized spacial score (nSPS) is 19.5. The predicted octanol–water partition coefficient (Wildman–Crippen LogP) is 6.92. The van der Waals surface area contributed by atoms with Gasteiger partial charge < -0.3 is 14.8 Å². The molecule has 0 saturated heterocycles. The fraction of sp³-hybridized carbons (Fsp3) is 0.600. The van der Waals surface area contributed by atoms with Crippen molar-refractivity contribution in [1.29, 1.82) is 21.0 Å². The minimum atomic E-state index is -0.694. The number of hydrogen-bond acceptors (Lipinski definition) is 9. The minimum absolute atomic E-state index is 0.0652. The van der Waals surface area contributed by atoms with E-state index in [0.29, 0.717) is 48.1 Å². The highest BCUT2D eigenvalue weighted by Crippen LogP contribution is 2.45. The number of nitrogens with zero attached hydrogens (tertiary/aromatic N) is 4. The maximum Gasteiger partial charge on any atom is 0.349 e. The summed E-state index contributed by atoms with van der Waals surface area (Å²) in [5.74, 6) is -1.37. The first-order valence-electron chi connectivity index (χ1n) is 15.5. The maximum absolute atomic E-state index is 12.4. The molecule has 44 heavy (non-hydrogen) atoms. The topological polar surface area (TPSA) is 160 Å². The van der Waals surface area contributed by atoms with Crippen LogP contribution in [0.3, 0.4) is 0 Å². The van der Waals surface area contributed by atoms with E-state index in [2.05, 4.69) is 45.2 Å². The molecule has 0 amide bonds. The fourth-order valence-corrected chi connectivity index (χ4v) is 6.07. The lowest BCUT2D eigenvalue weighted by atomic mass is 9.70. The van der Waals surface area contributed by atoms with E-state index in [4.69, 9.17) is 9.47 Å². The molecule has 0 aliphatic heterocycles. The molecule has 2 aliphatic rings. The molecular formula is C35H45N5O4. The van der Waals surface area contributed by atoms with Crippen LogP contribution in [-0.2, 0) is 19.1 Å². The molecule has 0 saturated carbocycles. The number of allylic oxidation sites excluding steroid dienone is 6. The van der Waals surface area contributed by atoms with Crippen molar-refractivity contribution in [2.45, 2.75) is 106 Å². The van der Waals surface area contributed by atoms with Crippen LogP contribution in [0.15, 0.2) is 44.7 Å². The zero-order valence-corrected chi connectivity index (χ0v) is 27.1. The first kappa shape index (κ1) is 35.9. The molecule has 9 nitrogen and oxygen atoms in total. The average molecular weight is 600 g/mol. The van der Waals surface area contributed by atoms with Gasteiger partial charge >= 0.3 is 11.9 Å². The molecule has 0 spiro atoms. The SMILES string of the molecule is CCOC(=O)/C(C#N)=C1\CC(C)(C)CC(CCCCCCCNC2=C(C#N)/C(=C(\C#N)C(=O)OCC)CC(C)(C)C2)=C1C#N. The Labute approximate surface area is 262 Å². The molecule has 234 valence electrons. The van der Waals surface area contributed by atoms with Gasteiger partial charge in [-0.05, 0) is 80.8 Å². The number of nitrogens with one attached hydrogen (secondary N) is 1. The van der Waals surface area contributed by atoms with E-state index >= 15 is 0 Å². The van der Waals surface area contributed by atoms with Gasteiger partial charge in [-0.2, -0.15) is 21.0 Å². The Morgan fingerprint density at radius 3 is 1.68 bits per heavy atom. The van der Waals surface area contributed by atoms with Gasteiger partial charge in [0.25, 0.3) is 0 Å². The van der Waals surface area contributed by atoms with Crippen LogP contribution in [0, 0.1) is 56.2 Å². The van der Waals surface area contributed by atoms with Crippen LogP contribution in [0.2, 0.25) is 0 Å². The van der Waals surface area contributed by atoms with E-state index in [9.17, 15) is 30.6 Å². The third-order valence-electron chi connectivity index (χ3n) is 7.92. The van der Waals surface area contributed by atoms with Gasteiger partial charge in [0, 0.05) is 12.2 Å². The van der Waals surface area contributed by atoms with Crippen molar-refractivity contribution >= 4 is 11.9 Å².